The second-order valence-electron chi connectivity index (χ2n) is 3.42. The maximum absolute atomic E-state index is 11.4. The van der Waals surface area contributed by atoms with E-state index in [0.717, 1.165) is 28.9 Å². The number of carbonyl (C=O) groups excluding carboxylic acids is 1. The fourth-order valence-electron chi connectivity index (χ4n) is 1.61. The molecule has 0 amide bonds. The first-order chi connectivity index (χ1) is 6.70. The maximum atomic E-state index is 11.4. The van der Waals surface area contributed by atoms with E-state index in [1.165, 1.54) is 0 Å². The molecule has 0 aliphatic carbocycles. The molecule has 80 valence electrons. The Morgan fingerprint density at radius 1 is 1.53 bits per heavy atom. The number of Topliss-reactive ketones (excluding diaryl/α,β-unsaturated/α-hetero) is 1. The van der Waals surface area contributed by atoms with Crippen LogP contribution in [0.1, 0.15) is 22.8 Å². The Morgan fingerprint density at radius 3 is 2.93 bits per heavy atom. The van der Waals surface area contributed by atoms with Gasteiger partial charge in [-0.2, -0.15) is 0 Å². The molecule has 2 nitrogen and oxygen atoms in total. The van der Waals surface area contributed by atoms with Crippen molar-refractivity contribution in [2.75, 3.05) is 5.33 Å². The standard InChI is InChI=1S/C11H10BrNO.BrH/c1-7-4-9-5-8(11(14)6-12)2-3-10(9)13-7;/h2-3,5H,4,6H2,1H3;1H. The van der Waals surface area contributed by atoms with Gasteiger partial charge in [0.25, 0.3) is 0 Å². The van der Waals surface area contributed by atoms with E-state index in [1.807, 2.05) is 25.1 Å². The van der Waals surface area contributed by atoms with E-state index in [9.17, 15) is 4.79 Å². The van der Waals surface area contributed by atoms with Crippen LogP contribution >= 0.6 is 32.9 Å². The Balaban J connectivity index is 0.00000112. The number of hydrogen-bond acceptors (Lipinski definition) is 2. The van der Waals surface area contributed by atoms with Crippen molar-refractivity contribution in [2.45, 2.75) is 13.3 Å². The number of fused-ring (bicyclic) bond motifs is 1. The third-order valence-electron chi connectivity index (χ3n) is 2.28. The van der Waals surface area contributed by atoms with Crippen molar-refractivity contribution in [2.24, 2.45) is 4.99 Å². The minimum Gasteiger partial charge on any atom is -0.293 e. The van der Waals surface area contributed by atoms with Crippen LogP contribution in [0.25, 0.3) is 0 Å². The van der Waals surface area contributed by atoms with Gasteiger partial charge in [0.05, 0.1) is 11.0 Å². The topological polar surface area (TPSA) is 29.4 Å². The molecule has 1 heterocycles. The van der Waals surface area contributed by atoms with Crippen LogP contribution < -0.4 is 0 Å². The molecule has 1 aromatic rings. The van der Waals surface area contributed by atoms with Gasteiger partial charge in [-0.25, -0.2) is 0 Å². The summed E-state index contributed by atoms with van der Waals surface area (Å²) < 4.78 is 0. The lowest BCUT2D eigenvalue weighted by molar-refractivity contribution is 0.102. The van der Waals surface area contributed by atoms with Crippen molar-refractivity contribution in [3.05, 3.63) is 29.3 Å². The van der Waals surface area contributed by atoms with Gasteiger partial charge in [0.15, 0.2) is 5.78 Å². The number of nitrogens with zero attached hydrogens (tertiary/aromatic N) is 1. The zero-order chi connectivity index (χ0) is 10.1. The fraction of sp³-hybridized carbons (Fsp3) is 0.273. The van der Waals surface area contributed by atoms with Gasteiger partial charge in [0.2, 0.25) is 0 Å². The molecule has 1 aliphatic heterocycles. The Morgan fingerprint density at radius 2 is 2.27 bits per heavy atom. The summed E-state index contributed by atoms with van der Waals surface area (Å²) in [7, 11) is 0. The highest BCUT2D eigenvalue weighted by molar-refractivity contribution is 9.09. The van der Waals surface area contributed by atoms with E-state index >= 15 is 0 Å². The first kappa shape index (κ1) is 12.6. The summed E-state index contributed by atoms with van der Waals surface area (Å²) in [5.41, 5.74) is 4.05. The van der Waals surface area contributed by atoms with Crippen LogP contribution in [0.3, 0.4) is 0 Å². The smallest absolute Gasteiger partial charge is 0.173 e. The number of hydrogen-bond donors (Lipinski definition) is 0. The molecule has 0 bridgehead atoms. The zero-order valence-corrected chi connectivity index (χ0v) is 11.6. The lowest BCUT2D eigenvalue weighted by Gasteiger charge is -2.00. The molecule has 0 spiro atoms. The van der Waals surface area contributed by atoms with Crippen molar-refractivity contribution in [1.29, 1.82) is 0 Å². The summed E-state index contributed by atoms with van der Waals surface area (Å²) in [5.74, 6) is 0.123. The molecule has 15 heavy (non-hydrogen) atoms. The molecule has 2 rings (SSSR count). The fourth-order valence-corrected chi connectivity index (χ4v) is 1.93. The summed E-state index contributed by atoms with van der Waals surface area (Å²) in [6, 6.07) is 5.70. The molecule has 0 N–H and O–H groups in total. The predicted octanol–water partition coefficient (Wildman–Crippen LogP) is 3.49. The Kier molecular flexibility index (Phi) is 4.22. The highest BCUT2D eigenvalue weighted by Crippen LogP contribution is 2.27. The van der Waals surface area contributed by atoms with Gasteiger partial charge in [-0.3, -0.25) is 9.79 Å². The van der Waals surface area contributed by atoms with Crippen LogP contribution in [0.15, 0.2) is 23.2 Å². The Hall–Kier alpha value is -0.480. The highest BCUT2D eigenvalue weighted by atomic mass is 79.9. The van der Waals surface area contributed by atoms with Crippen LogP contribution in [-0.2, 0) is 6.42 Å². The van der Waals surface area contributed by atoms with Gasteiger partial charge in [0.1, 0.15) is 0 Å². The minimum absolute atomic E-state index is 0. The molecule has 0 saturated carbocycles. The lowest BCUT2D eigenvalue weighted by atomic mass is 10.0. The highest BCUT2D eigenvalue weighted by Gasteiger charge is 2.13. The number of rotatable bonds is 2. The number of ketones is 1. The molecule has 0 aromatic heterocycles. The van der Waals surface area contributed by atoms with E-state index in [-0.39, 0.29) is 22.8 Å². The number of carbonyl (C=O) groups is 1. The van der Waals surface area contributed by atoms with Crippen molar-refractivity contribution >= 4 is 50.1 Å². The summed E-state index contributed by atoms with van der Waals surface area (Å²) in [6.45, 7) is 2.01. The lowest BCUT2D eigenvalue weighted by Crippen LogP contribution is -2.00. The second kappa shape index (κ2) is 5.03. The number of benzene rings is 1. The van der Waals surface area contributed by atoms with Crippen LogP contribution in [0, 0.1) is 0 Å². The van der Waals surface area contributed by atoms with E-state index in [2.05, 4.69) is 20.9 Å². The van der Waals surface area contributed by atoms with Crippen LogP contribution in [-0.4, -0.2) is 16.8 Å². The normalized spacial score (nSPS) is 12.8. The summed E-state index contributed by atoms with van der Waals surface area (Å²) >= 11 is 3.17. The molecule has 0 radical (unpaired) electrons. The predicted molar refractivity (Wildman–Crippen MR) is 71.4 cm³/mol. The van der Waals surface area contributed by atoms with Crippen molar-refractivity contribution < 1.29 is 4.79 Å². The number of halogens is 2. The summed E-state index contributed by atoms with van der Waals surface area (Å²) in [6.07, 6.45) is 0.874. The molecule has 0 fully saturated rings. The molecule has 4 heteroatoms. The van der Waals surface area contributed by atoms with Crippen LogP contribution in [0.4, 0.5) is 5.69 Å². The van der Waals surface area contributed by atoms with Crippen molar-refractivity contribution in [3.63, 3.8) is 0 Å². The van der Waals surface area contributed by atoms with Gasteiger partial charge in [-0.1, -0.05) is 15.9 Å². The first-order valence-electron chi connectivity index (χ1n) is 4.47. The van der Waals surface area contributed by atoms with Crippen LogP contribution in [0.2, 0.25) is 0 Å². The molecule has 1 aromatic carbocycles. The third kappa shape index (κ3) is 2.55. The van der Waals surface area contributed by atoms with Gasteiger partial charge in [-0.05, 0) is 30.7 Å². The summed E-state index contributed by atoms with van der Waals surface area (Å²) in [5, 5.41) is 0.381. The first-order valence-corrected chi connectivity index (χ1v) is 5.59. The maximum Gasteiger partial charge on any atom is 0.173 e. The molecule has 0 unspecified atom stereocenters. The number of alkyl halides is 1. The Labute approximate surface area is 108 Å². The molecule has 1 aliphatic rings. The molecular formula is C11H11Br2NO. The van der Waals surface area contributed by atoms with E-state index in [4.69, 9.17) is 0 Å². The van der Waals surface area contributed by atoms with E-state index < -0.39 is 0 Å². The van der Waals surface area contributed by atoms with Gasteiger partial charge < -0.3 is 0 Å². The van der Waals surface area contributed by atoms with E-state index in [0.29, 0.717) is 5.33 Å². The van der Waals surface area contributed by atoms with Crippen LogP contribution in [0.5, 0.6) is 0 Å². The molecule has 0 atom stereocenters. The van der Waals surface area contributed by atoms with Gasteiger partial charge >= 0.3 is 0 Å². The van der Waals surface area contributed by atoms with Gasteiger partial charge in [0, 0.05) is 17.7 Å². The third-order valence-corrected chi connectivity index (χ3v) is 2.79. The quantitative estimate of drug-likeness (QED) is 0.602. The largest absolute Gasteiger partial charge is 0.293 e. The van der Waals surface area contributed by atoms with Crippen molar-refractivity contribution in [1.82, 2.24) is 0 Å². The monoisotopic (exact) mass is 331 g/mol. The minimum atomic E-state index is 0. The van der Waals surface area contributed by atoms with E-state index in [1.54, 1.807) is 0 Å². The number of aliphatic imine (C=N–C) groups is 1. The SMILES string of the molecule is Br.CC1=Nc2ccc(C(=O)CBr)cc2C1. The molecule has 0 saturated heterocycles. The molecular weight excluding hydrogens is 322 g/mol. The average Bonchev–Trinajstić information content (AvgIpc) is 2.55. The average molecular weight is 333 g/mol. The zero-order valence-electron chi connectivity index (χ0n) is 8.29. The Bertz CT molecular complexity index is 427. The summed E-state index contributed by atoms with van der Waals surface area (Å²) in [4.78, 5) is 15.8. The van der Waals surface area contributed by atoms with Gasteiger partial charge in [-0.15, -0.1) is 17.0 Å². The van der Waals surface area contributed by atoms with Crippen molar-refractivity contribution in [3.8, 4) is 0 Å². The second-order valence-corrected chi connectivity index (χ2v) is 3.98.